The smallest absolute Gasteiger partial charge is 0.292 e. The second-order valence-corrected chi connectivity index (χ2v) is 5.33. The summed E-state index contributed by atoms with van der Waals surface area (Å²) in [5.41, 5.74) is 7.90. The Balaban J connectivity index is 2.02. The molecule has 3 rings (SSSR count). The van der Waals surface area contributed by atoms with Crippen molar-refractivity contribution in [2.45, 2.75) is 25.3 Å². The van der Waals surface area contributed by atoms with E-state index < -0.39 is 4.92 Å². The molecule has 20 heavy (non-hydrogen) atoms. The molecule has 2 heterocycles. The van der Waals surface area contributed by atoms with Gasteiger partial charge in [-0.2, -0.15) is 0 Å². The maximum absolute atomic E-state index is 11.4. The number of nitrogens with zero attached hydrogens (tertiary/aromatic N) is 2. The zero-order valence-corrected chi connectivity index (χ0v) is 11.0. The minimum absolute atomic E-state index is 0.0335. The van der Waals surface area contributed by atoms with Crippen LogP contribution in [0.4, 0.5) is 17.1 Å². The highest BCUT2D eigenvalue weighted by molar-refractivity contribution is 6.00. The van der Waals surface area contributed by atoms with Gasteiger partial charge >= 0.3 is 0 Å². The molecule has 0 aromatic heterocycles. The number of nitrogens with one attached hydrogen (secondary N) is 1. The Morgan fingerprint density at radius 3 is 2.95 bits per heavy atom. The van der Waals surface area contributed by atoms with E-state index in [2.05, 4.69) is 5.32 Å². The minimum atomic E-state index is -0.390. The average molecular weight is 276 g/mol. The third-order valence-electron chi connectivity index (χ3n) is 3.82. The van der Waals surface area contributed by atoms with Gasteiger partial charge < -0.3 is 16.0 Å². The number of nitro groups is 1. The molecular formula is C13H16N4O3. The lowest BCUT2D eigenvalue weighted by Gasteiger charge is -2.32. The molecule has 1 atom stereocenters. The van der Waals surface area contributed by atoms with Gasteiger partial charge in [-0.25, -0.2) is 0 Å². The van der Waals surface area contributed by atoms with Crippen LogP contribution in [-0.2, 0) is 11.2 Å². The van der Waals surface area contributed by atoms with Gasteiger partial charge in [0.1, 0.15) is 5.69 Å². The van der Waals surface area contributed by atoms with Crippen molar-refractivity contribution in [1.29, 1.82) is 0 Å². The molecule has 1 unspecified atom stereocenters. The molecule has 2 aliphatic rings. The van der Waals surface area contributed by atoms with E-state index in [1.165, 1.54) is 6.07 Å². The highest BCUT2D eigenvalue weighted by Crippen LogP contribution is 2.37. The number of nitro benzene ring substituents is 1. The first kappa shape index (κ1) is 12.9. The maximum atomic E-state index is 11.4. The zero-order valence-electron chi connectivity index (χ0n) is 11.0. The van der Waals surface area contributed by atoms with Crippen LogP contribution < -0.4 is 16.0 Å². The van der Waals surface area contributed by atoms with Gasteiger partial charge in [0.25, 0.3) is 5.69 Å². The fourth-order valence-electron chi connectivity index (χ4n) is 2.88. The van der Waals surface area contributed by atoms with Crippen molar-refractivity contribution in [1.82, 2.24) is 0 Å². The van der Waals surface area contributed by atoms with E-state index in [0.29, 0.717) is 23.5 Å². The van der Waals surface area contributed by atoms with Crippen LogP contribution in [0.2, 0.25) is 0 Å². The van der Waals surface area contributed by atoms with Crippen molar-refractivity contribution in [3.05, 3.63) is 27.8 Å². The number of hydrogen-bond donors (Lipinski definition) is 2. The SMILES string of the molecule is NC1CCCN(c2cc3c(cc2[N+](=O)[O-])CC(=O)N3)C1. The van der Waals surface area contributed by atoms with E-state index >= 15 is 0 Å². The topological polar surface area (TPSA) is 102 Å². The van der Waals surface area contributed by atoms with Crippen LogP contribution in [0.15, 0.2) is 12.1 Å². The molecule has 7 nitrogen and oxygen atoms in total. The van der Waals surface area contributed by atoms with E-state index in [0.717, 1.165) is 19.4 Å². The predicted octanol–water partition coefficient (Wildman–Crippen LogP) is 1.02. The molecule has 0 spiro atoms. The summed E-state index contributed by atoms with van der Waals surface area (Å²) < 4.78 is 0. The quantitative estimate of drug-likeness (QED) is 0.620. The molecule has 1 amide bonds. The van der Waals surface area contributed by atoms with E-state index in [9.17, 15) is 14.9 Å². The standard InChI is InChI=1S/C13H16N4O3/c14-9-2-1-3-16(7-9)11-6-10-8(5-13(18)15-10)4-12(11)17(19)20/h4,6,9H,1-3,5,7,14H2,(H,15,18). The normalized spacial score (nSPS) is 21.6. The first-order valence-electron chi connectivity index (χ1n) is 6.66. The second-order valence-electron chi connectivity index (χ2n) is 5.33. The van der Waals surface area contributed by atoms with Gasteiger partial charge in [0, 0.05) is 30.9 Å². The first-order valence-corrected chi connectivity index (χ1v) is 6.66. The summed E-state index contributed by atoms with van der Waals surface area (Å²) in [4.78, 5) is 24.2. The van der Waals surface area contributed by atoms with Crippen LogP contribution in [-0.4, -0.2) is 30.0 Å². The maximum Gasteiger partial charge on any atom is 0.292 e. The average Bonchev–Trinajstić information content (AvgIpc) is 2.76. The van der Waals surface area contributed by atoms with Crippen molar-refractivity contribution in [2.75, 3.05) is 23.3 Å². The first-order chi connectivity index (χ1) is 9.54. The number of anilines is 2. The van der Waals surface area contributed by atoms with Crippen LogP contribution in [0.1, 0.15) is 18.4 Å². The van der Waals surface area contributed by atoms with Gasteiger partial charge in [-0.3, -0.25) is 14.9 Å². The summed E-state index contributed by atoms with van der Waals surface area (Å²) in [6.45, 7) is 1.36. The number of amides is 1. The number of carbonyl (C=O) groups excluding carboxylic acids is 1. The van der Waals surface area contributed by atoms with Crippen molar-refractivity contribution in [3.8, 4) is 0 Å². The molecule has 106 valence electrons. The van der Waals surface area contributed by atoms with Crippen LogP contribution >= 0.6 is 0 Å². The van der Waals surface area contributed by atoms with Gasteiger partial charge in [-0.05, 0) is 24.5 Å². The molecule has 0 saturated carbocycles. The fraction of sp³-hybridized carbons (Fsp3) is 0.462. The molecule has 0 radical (unpaired) electrons. The summed E-state index contributed by atoms with van der Waals surface area (Å²) in [6.07, 6.45) is 2.06. The number of fused-ring (bicyclic) bond motifs is 1. The molecule has 0 bridgehead atoms. The van der Waals surface area contributed by atoms with Crippen molar-refractivity contribution < 1.29 is 9.72 Å². The Hall–Kier alpha value is -2.15. The molecule has 2 aliphatic heterocycles. The summed E-state index contributed by atoms with van der Waals surface area (Å²) in [5.74, 6) is -0.123. The molecular weight excluding hydrogens is 260 g/mol. The van der Waals surface area contributed by atoms with E-state index in [4.69, 9.17) is 5.73 Å². The molecule has 1 fully saturated rings. The summed E-state index contributed by atoms with van der Waals surface area (Å²) in [6, 6.07) is 3.24. The largest absolute Gasteiger partial charge is 0.364 e. The summed E-state index contributed by atoms with van der Waals surface area (Å²) in [7, 11) is 0. The zero-order chi connectivity index (χ0) is 14.3. The van der Waals surface area contributed by atoms with Gasteiger partial charge in [-0.15, -0.1) is 0 Å². The van der Waals surface area contributed by atoms with Crippen molar-refractivity contribution >= 4 is 23.0 Å². The van der Waals surface area contributed by atoms with Crippen LogP contribution in [0, 0.1) is 10.1 Å². The van der Waals surface area contributed by atoms with Gasteiger partial charge in [0.2, 0.25) is 5.91 Å². The monoisotopic (exact) mass is 276 g/mol. The Morgan fingerprint density at radius 1 is 1.45 bits per heavy atom. The molecule has 1 aromatic rings. The predicted molar refractivity (Wildman–Crippen MR) is 74.9 cm³/mol. The second kappa shape index (κ2) is 4.75. The molecule has 1 aromatic carbocycles. The summed E-state index contributed by atoms with van der Waals surface area (Å²) in [5, 5.41) is 14.0. The lowest BCUT2D eigenvalue weighted by molar-refractivity contribution is -0.384. The van der Waals surface area contributed by atoms with E-state index in [1.807, 2.05) is 4.90 Å². The van der Waals surface area contributed by atoms with Gasteiger partial charge in [0.05, 0.1) is 11.3 Å². The number of hydrogen-bond acceptors (Lipinski definition) is 5. The lowest BCUT2D eigenvalue weighted by atomic mass is 10.0. The van der Waals surface area contributed by atoms with Gasteiger partial charge in [-0.1, -0.05) is 0 Å². The van der Waals surface area contributed by atoms with Crippen LogP contribution in [0.25, 0.3) is 0 Å². The number of piperidine rings is 1. The number of rotatable bonds is 2. The molecule has 0 aliphatic carbocycles. The Bertz CT molecular complexity index is 587. The number of benzene rings is 1. The number of nitrogens with two attached hydrogens (primary N) is 1. The minimum Gasteiger partial charge on any atom is -0.364 e. The molecule has 3 N–H and O–H groups in total. The Morgan fingerprint density at radius 2 is 2.25 bits per heavy atom. The number of carbonyl (C=O) groups is 1. The summed E-state index contributed by atoms with van der Waals surface area (Å²) >= 11 is 0. The highest BCUT2D eigenvalue weighted by Gasteiger charge is 2.28. The third-order valence-corrected chi connectivity index (χ3v) is 3.82. The van der Waals surface area contributed by atoms with Gasteiger partial charge in [0.15, 0.2) is 0 Å². The molecule has 7 heteroatoms. The Kier molecular flexibility index (Phi) is 3.06. The van der Waals surface area contributed by atoms with E-state index in [1.54, 1.807) is 6.07 Å². The van der Waals surface area contributed by atoms with Crippen molar-refractivity contribution in [2.24, 2.45) is 5.73 Å². The van der Waals surface area contributed by atoms with Crippen molar-refractivity contribution in [3.63, 3.8) is 0 Å². The fourth-order valence-corrected chi connectivity index (χ4v) is 2.88. The highest BCUT2D eigenvalue weighted by atomic mass is 16.6. The van der Waals surface area contributed by atoms with Crippen LogP contribution in [0.3, 0.4) is 0 Å². The molecule has 1 saturated heterocycles. The Labute approximate surface area is 115 Å². The van der Waals surface area contributed by atoms with E-state index in [-0.39, 0.29) is 24.1 Å². The van der Waals surface area contributed by atoms with Crippen LogP contribution in [0.5, 0.6) is 0 Å². The lowest BCUT2D eigenvalue weighted by Crippen LogP contribution is -2.43. The third kappa shape index (κ3) is 2.20.